The number of hydrogen-bond donors (Lipinski definition) is 1. The molecule has 2 aromatic carbocycles. The minimum atomic E-state index is -1.23. The Morgan fingerprint density at radius 2 is 1.65 bits per heavy atom. The smallest absolute Gasteiger partial charge is 0.128 e. The fraction of sp³-hybridized carbons (Fsp3) is 0.294. The van der Waals surface area contributed by atoms with Crippen molar-refractivity contribution < 1.29 is 4.39 Å². The third-order valence-corrected chi connectivity index (χ3v) is 5.64. The molecule has 0 saturated carbocycles. The standard InChI is InChI=1S/C17H22FNSi/c1-13-16(18)6-5-7-17(13)19-12-14-8-10-15(11-9-14)20(2,3)4/h5-11,19H,12H2,1-4H3. The van der Waals surface area contributed by atoms with Crippen LogP contribution in [0.1, 0.15) is 11.1 Å². The average Bonchev–Trinajstić information content (AvgIpc) is 2.40. The van der Waals surface area contributed by atoms with Gasteiger partial charge in [-0.15, -0.1) is 0 Å². The van der Waals surface area contributed by atoms with Crippen LogP contribution in [-0.2, 0) is 6.54 Å². The largest absolute Gasteiger partial charge is 0.381 e. The van der Waals surface area contributed by atoms with Crippen molar-refractivity contribution in [3.05, 3.63) is 59.4 Å². The van der Waals surface area contributed by atoms with Gasteiger partial charge in [0.25, 0.3) is 0 Å². The molecule has 0 bridgehead atoms. The number of nitrogens with one attached hydrogen (secondary N) is 1. The minimum Gasteiger partial charge on any atom is -0.381 e. The van der Waals surface area contributed by atoms with E-state index in [-0.39, 0.29) is 5.82 Å². The van der Waals surface area contributed by atoms with Crippen LogP contribution in [0.3, 0.4) is 0 Å². The summed E-state index contributed by atoms with van der Waals surface area (Å²) in [6.07, 6.45) is 0. The van der Waals surface area contributed by atoms with Crippen LogP contribution in [0.15, 0.2) is 42.5 Å². The summed E-state index contributed by atoms with van der Waals surface area (Å²) in [4.78, 5) is 0. The lowest BCUT2D eigenvalue weighted by Gasteiger charge is -2.17. The van der Waals surface area contributed by atoms with Crippen molar-refractivity contribution in [2.75, 3.05) is 5.32 Å². The topological polar surface area (TPSA) is 12.0 Å². The molecule has 0 aromatic heterocycles. The van der Waals surface area contributed by atoms with Gasteiger partial charge in [0.2, 0.25) is 0 Å². The molecule has 0 aliphatic rings. The van der Waals surface area contributed by atoms with Crippen molar-refractivity contribution in [2.45, 2.75) is 33.1 Å². The maximum Gasteiger partial charge on any atom is 0.128 e. The predicted octanol–water partition coefficient (Wildman–Crippen LogP) is 4.29. The number of halogens is 1. The molecule has 3 heteroatoms. The van der Waals surface area contributed by atoms with E-state index in [9.17, 15) is 4.39 Å². The average molecular weight is 287 g/mol. The molecule has 20 heavy (non-hydrogen) atoms. The van der Waals surface area contributed by atoms with Gasteiger partial charge in [0, 0.05) is 17.8 Å². The van der Waals surface area contributed by atoms with Gasteiger partial charge in [0.15, 0.2) is 0 Å². The zero-order chi connectivity index (χ0) is 14.8. The van der Waals surface area contributed by atoms with Crippen LogP contribution in [0.2, 0.25) is 19.6 Å². The predicted molar refractivity (Wildman–Crippen MR) is 87.9 cm³/mol. The van der Waals surface area contributed by atoms with Gasteiger partial charge in [-0.25, -0.2) is 4.39 Å². The summed E-state index contributed by atoms with van der Waals surface area (Å²) in [5.41, 5.74) is 2.75. The van der Waals surface area contributed by atoms with Crippen LogP contribution < -0.4 is 10.5 Å². The molecule has 2 rings (SSSR count). The van der Waals surface area contributed by atoms with E-state index < -0.39 is 8.07 Å². The number of benzene rings is 2. The molecule has 0 radical (unpaired) electrons. The van der Waals surface area contributed by atoms with Crippen LogP contribution in [-0.4, -0.2) is 8.07 Å². The lowest BCUT2D eigenvalue weighted by atomic mass is 10.1. The zero-order valence-corrected chi connectivity index (χ0v) is 13.6. The second kappa shape index (κ2) is 5.79. The summed E-state index contributed by atoms with van der Waals surface area (Å²) < 4.78 is 13.5. The summed E-state index contributed by atoms with van der Waals surface area (Å²) in [6.45, 7) is 9.55. The molecular formula is C17H22FNSi. The molecule has 1 N–H and O–H groups in total. The normalized spacial score (nSPS) is 11.4. The summed E-state index contributed by atoms with van der Waals surface area (Å²) in [7, 11) is -1.23. The molecule has 1 nitrogen and oxygen atoms in total. The van der Waals surface area contributed by atoms with E-state index in [2.05, 4.69) is 49.2 Å². The number of hydrogen-bond acceptors (Lipinski definition) is 1. The first-order chi connectivity index (χ1) is 9.38. The number of anilines is 1. The van der Waals surface area contributed by atoms with E-state index in [1.54, 1.807) is 13.0 Å². The quantitative estimate of drug-likeness (QED) is 0.827. The van der Waals surface area contributed by atoms with Gasteiger partial charge in [-0.05, 0) is 24.6 Å². The van der Waals surface area contributed by atoms with Crippen molar-refractivity contribution in [1.82, 2.24) is 0 Å². The van der Waals surface area contributed by atoms with Crippen LogP contribution in [0.5, 0.6) is 0 Å². The van der Waals surface area contributed by atoms with Crippen LogP contribution in [0, 0.1) is 12.7 Å². The molecule has 0 aliphatic heterocycles. The van der Waals surface area contributed by atoms with Crippen molar-refractivity contribution in [2.24, 2.45) is 0 Å². The summed E-state index contributed by atoms with van der Waals surface area (Å²) in [5, 5.41) is 4.76. The second-order valence-electron chi connectivity index (χ2n) is 6.21. The van der Waals surface area contributed by atoms with Crippen LogP contribution >= 0.6 is 0 Å². The Kier molecular flexibility index (Phi) is 4.28. The second-order valence-corrected chi connectivity index (χ2v) is 11.3. The Hall–Kier alpha value is -1.61. The van der Waals surface area contributed by atoms with Gasteiger partial charge in [0.1, 0.15) is 5.82 Å². The molecule has 0 saturated heterocycles. The molecule has 106 valence electrons. The van der Waals surface area contributed by atoms with Gasteiger partial charge in [-0.1, -0.05) is 55.2 Å². The molecule has 0 atom stereocenters. The molecule has 0 unspecified atom stereocenters. The molecular weight excluding hydrogens is 265 g/mol. The summed E-state index contributed by atoms with van der Waals surface area (Å²) >= 11 is 0. The summed E-state index contributed by atoms with van der Waals surface area (Å²) in [6, 6.07) is 13.9. The lowest BCUT2D eigenvalue weighted by molar-refractivity contribution is 0.619. The van der Waals surface area contributed by atoms with Gasteiger partial charge >= 0.3 is 0 Å². The third-order valence-electron chi connectivity index (χ3n) is 3.57. The Morgan fingerprint density at radius 1 is 1.00 bits per heavy atom. The first-order valence-corrected chi connectivity index (χ1v) is 10.5. The Balaban J connectivity index is 2.06. The van der Waals surface area contributed by atoms with Gasteiger partial charge < -0.3 is 5.32 Å². The Morgan fingerprint density at radius 3 is 2.25 bits per heavy atom. The van der Waals surface area contributed by atoms with Crippen molar-refractivity contribution >= 4 is 18.9 Å². The van der Waals surface area contributed by atoms with E-state index >= 15 is 0 Å². The highest BCUT2D eigenvalue weighted by Gasteiger charge is 2.15. The minimum absolute atomic E-state index is 0.163. The summed E-state index contributed by atoms with van der Waals surface area (Å²) in [5.74, 6) is -0.163. The fourth-order valence-electron chi connectivity index (χ4n) is 2.12. The maximum atomic E-state index is 13.5. The van der Waals surface area contributed by atoms with E-state index in [0.29, 0.717) is 5.56 Å². The Bertz CT molecular complexity index is 585. The van der Waals surface area contributed by atoms with Crippen LogP contribution in [0.4, 0.5) is 10.1 Å². The van der Waals surface area contributed by atoms with Gasteiger partial charge in [-0.3, -0.25) is 0 Å². The van der Waals surface area contributed by atoms with Crippen molar-refractivity contribution in [1.29, 1.82) is 0 Å². The van der Waals surface area contributed by atoms with Crippen molar-refractivity contribution in [3.8, 4) is 0 Å². The molecule has 0 fully saturated rings. The highest BCUT2D eigenvalue weighted by Crippen LogP contribution is 2.18. The van der Waals surface area contributed by atoms with Gasteiger partial charge in [0.05, 0.1) is 8.07 Å². The molecule has 0 spiro atoms. The molecule has 2 aromatic rings. The van der Waals surface area contributed by atoms with E-state index in [1.165, 1.54) is 16.8 Å². The van der Waals surface area contributed by atoms with Crippen LogP contribution in [0.25, 0.3) is 0 Å². The monoisotopic (exact) mass is 287 g/mol. The van der Waals surface area contributed by atoms with E-state index in [1.807, 2.05) is 6.07 Å². The van der Waals surface area contributed by atoms with E-state index in [4.69, 9.17) is 0 Å². The maximum absolute atomic E-state index is 13.5. The Labute approximate surface area is 121 Å². The number of rotatable bonds is 4. The zero-order valence-electron chi connectivity index (χ0n) is 12.6. The third kappa shape index (κ3) is 3.48. The highest BCUT2D eigenvalue weighted by atomic mass is 28.3. The first kappa shape index (κ1) is 14.8. The molecule has 0 heterocycles. The lowest BCUT2D eigenvalue weighted by Crippen LogP contribution is -2.37. The molecule has 0 amide bonds. The van der Waals surface area contributed by atoms with E-state index in [0.717, 1.165) is 12.2 Å². The molecule has 0 aliphatic carbocycles. The van der Waals surface area contributed by atoms with Gasteiger partial charge in [-0.2, -0.15) is 0 Å². The SMILES string of the molecule is Cc1c(F)cccc1NCc1ccc([Si](C)(C)C)cc1. The van der Waals surface area contributed by atoms with Crippen molar-refractivity contribution in [3.63, 3.8) is 0 Å². The highest BCUT2D eigenvalue weighted by molar-refractivity contribution is 6.88. The fourth-order valence-corrected chi connectivity index (χ4v) is 3.29. The first-order valence-electron chi connectivity index (χ1n) is 6.96.